The molecular weight excluding hydrogens is 343 g/mol. The van der Waals surface area contributed by atoms with E-state index in [0.717, 1.165) is 6.07 Å². The minimum absolute atomic E-state index is 0.0822. The zero-order valence-corrected chi connectivity index (χ0v) is 11.8. The molecule has 0 aliphatic carbocycles. The zero-order valence-electron chi connectivity index (χ0n) is 9.61. The number of benzene rings is 1. The minimum atomic E-state index is -0.833. The molecule has 1 aromatic rings. The summed E-state index contributed by atoms with van der Waals surface area (Å²) in [5.41, 5.74) is -0.757. The highest BCUT2D eigenvalue weighted by atomic mass is 127. The molecule has 1 aromatic carbocycles. The lowest BCUT2D eigenvalue weighted by atomic mass is 10.2. The van der Waals surface area contributed by atoms with E-state index in [4.69, 9.17) is 4.74 Å². The number of ether oxygens (including phenoxy) is 1. The summed E-state index contributed by atoms with van der Waals surface area (Å²) < 4.78 is 31.5. The first kappa shape index (κ1) is 14.1. The summed E-state index contributed by atoms with van der Waals surface area (Å²) in [6.07, 6.45) is -0.777. The number of hydrogen-bond acceptors (Lipinski definition) is 2. The van der Waals surface area contributed by atoms with Gasteiger partial charge in [-0.1, -0.05) is 0 Å². The van der Waals surface area contributed by atoms with Crippen LogP contribution in [0.2, 0.25) is 0 Å². The second-order valence-corrected chi connectivity index (χ2v) is 5.53. The second kappa shape index (κ2) is 5.16. The van der Waals surface area contributed by atoms with Crippen LogP contribution >= 0.6 is 22.6 Å². The molecule has 0 aliphatic heterocycles. The molecule has 0 bridgehead atoms. The van der Waals surface area contributed by atoms with Gasteiger partial charge in [-0.15, -0.1) is 0 Å². The first-order valence-corrected chi connectivity index (χ1v) is 5.91. The van der Waals surface area contributed by atoms with Crippen molar-refractivity contribution in [2.45, 2.75) is 26.4 Å². The third-order valence-corrected chi connectivity index (χ3v) is 2.48. The fraction of sp³-hybridized carbons (Fsp3) is 0.364. The highest BCUT2D eigenvalue weighted by Gasteiger charge is 2.19. The maximum Gasteiger partial charge on any atom is 0.412 e. The maximum atomic E-state index is 13.4. The molecule has 0 atom stereocenters. The third kappa shape index (κ3) is 4.45. The highest BCUT2D eigenvalue weighted by Crippen LogP contribution is 2.24. The predicted octanol–water partition coefficient (Wildman–Crippen LogP) is 3.92. The standard InChI is InChI=1S/C11H12F2INO2/c1-11(2,3)17-10(16)15-9-7(13)4-6(12)5-8(9)14/h4-5H,1-3H3,(H,15,16). The van der Waals surface area contributed by atoms with Crippen LogP contribution in [-0.2, 0) is 4.74 Å². The summed E-state index contributed by atoms with van der Waals surface area (Å²) >= 11 is 1.73. The van der Waals surface area contributed by atoms with Crippen LogP contribution in [0.3, 0.4) is 0 Å². The van der Waals surface area contributed by atoms with E-state index >= 15 is 0 Å². The SMILES string of the molecule is CC(C)(C)OC(=O)Nc1c(F)cc(F)cc1I. The van der Waals surface area contributed by atoms with E-state index in [2.05, 4.69) is 5.32 Å². The van der Waals surface area contributed by atoms with Gasteiger partial charge < -0.3 is 4.74 Å². The Labute approximate surface area is 112 Å². The zero-order chi connectivity index (χ0) is 13.2. The summed E-state index contributed by atoms with van der Waals surface area (Å²) in [5.74, 6) is -1.53. The normalized spacial score (nSPS) is 11.2. The van der Waals surface area contributed by atoms with Crippen LogP contribution in [0.25, 0.3) is 0 Å². The molecule has 0 aliphatic rings. The fourth-order valence-corrected chi connectivity index (χ4v) is 1.76. The van der Waals surface area contributed by atoms with E-state index in [9.17, 15) is 13.6 Å². The van der Waals surface area contributed by atoms with Crippen LogP contribution in [0.5, 0.6) is 0 Å². The largest absolute Gasteiger partial charge is 0.444 e. The number of carbonyl (C=O) groups is 1. The number of rotatable bonds is 1. The van der Waals surface area contributed by atoms with Crippen LogP contribution in [0, 0.1) is 15.2 Å². The van der Waals surface area contributed by atoms with Crippen LogP contribution in [0.1, 0.15) is 20.8 Å². The Morgan fingerprint density at radius 1 is 1.35 bits per heavy atom. The molecule has 0 fully saturated rings. The Bertz CT molecular complexity index is 421. The average molecular weight is 355 g/mol. The average Bonchev–Trinajstić information content (AvgIpc) is 2.08. The molecular formula is C11H12F2INO2. The van der Waals surface area contributed by atoms with Gasteiger partial charge in [0.25, 0.3) is 0 Å². The van der Waals surface area contributed by atoms with Gasteiger partial charge in [0.2, 0.25) is 0 Å². The van der Waals surface area contributed by atoms with E-state index < -0.39 is 23.3 Å². The van der Waals surface area contributed by atoms with Crippen molar-refractivity contribution in [2.24, 2.45) is 0 Å². The molecule has 0 saturated carbocycles. The van der Waals surface area contributed by atoms with Crippen molar-refractivity contribution in [1.29, 1.82) is 0 Å². The highest BCUT2D eigenvalue weighted by molar-refractivity contribution is 14.1. The van der Waals surface area contributed by atoms with Crippen molar-refractivity contribution in [3.05, 3.63) is 27.3 Å². The maximum absolute atomic E-state index is 13.4. The summed E-state index contributed by atoms with van der Waals surface area (Å²) in [5, 5.41) is 2.25. The van der Waals surface area contributed by atoms with E-state index in [1.54, 1.807) is 43.4 Å². The van der Waals surface area contributed by atoms with Gasteiger partial charge in [-0.2, -0.15) is 0 Å². The lowest BCUT2D eigenvalue weighted by molar-refractivity contribution is 0.0635. The monoisotopic (exact) mass is 355 g/mol. The number of hydrogen-bond donors (Lipinski definition) is 1. The van der Waals surface area contributed by atoms with Gasteiger partial charge in [-0.05, 0) is 49.4 Å². The van der Waals surface area contributed by atoms with Crippen molar-refractivity contribution >= 4 is 34.4 Å². The number of halogens is 3. The van der Waals surface area contributed by atoms with Gasteiger partial charge in [0.05, 0.1) is 5.69 Å². The third-order valence-electron chi connectivity index (χ3n) is 1.63. The predicted molar refractivity (Wildman–Crippen MR) is 68.9 cm³/mol. The summed E-state index contributed by atoms with van der Waals surface area (Å²) in [6.45, 7) is 5.08. The van der Waals surface area contributed by atoms with Crippen molar-refractivity contribution in [3.63, 3.8) is 0 Å². The minimum Gasteiger partial charge on any atom is -0.444 e. The van der Waals surface area contributed by atoms with Crippen LogP contribution in [0.15, 0.2) is 12.1 Å². The number of carbonyl (C=O) groups excluding carboxylic acids is 1. The molecule has 0 spiro atoms. The molecule has 1 amide bonds. The molecule has 17 heavy (non-hydrogen) atoms. The summed E-state index contributed by atoms with van der Waals surface area (Å²) in [6, 6.07) is 1.82. The molecule has 6 heteroatoms. The molecule has 0 saturated heterocycles. The topological polar surface area (TPSA) is 38.3 Å². The Kier molecular flexibility index (Phi) is 4.29. The van der Waals surface area contributed by atoms with Crippen LogP contribution < -0.4 is 5.32 Å². The van der Waals surface area contributed by atoms with Gasteiger partial charge in [0, 0.05) is 9.64 Å². The van der Waals surface area contributed by atoms with Gasteiger partial charge in [-0.25, -0.2) is 13.6 Å². The molecule has 94 valence electrons. The summed E-state index contributed by atoms with van der Waals surface area (Å²) in [4.78, 5) is 11.4. The number of anilines is 1. The Morgan fingerprint density at radius 3 is 2.41 bits per heavy atom. The molecule has 0 radical (unpaired) electrons. The Balaban J connectivity index is 2.86. The smallest absolute Gasteiger partial charge is 0.412 e. The van der Waals surface area contributed by atoms with Crippen LogP contribution in [0.4, 0.5) is 19.3 Å². The quantitative estimate of drug-likeness (QED) is 0.776. The lowest BCUT2D eigenvalue weighted by Crippen LogP contribution is -2.27. The van der Waals surface area contributed by atoms with Gasteiger partial charge in [-0.3, -0.25) is 5.32 Å². The number of amides is 1. The molecule has 0 unspecified atom stereocenters. The lowest BCUT2D eigenvalue weighted by Gasteiger charge is -2.20. The molecule has 1 N–H and O–H groups in total. The molecule has 0 heterocycles. The van der Waals surface area contributed by atoms with Gasteiger partial charge in [0.15, 0.2) is 5.82 Å². The van der Waals surface area contributed by atoms with Crippen molar-refractivity contribution < 1.29 is 18.3 Å². The first-order valence-electron chi connectivity index (χ1n) is 4.83. The van der Waals surface area contributed by atoms with E-state index in [0.29, 0.717) is 6.07 Å². The van der Waals surface area contributed by atoms with Crippen molar-refractivity contribution in [3.8, 4) is 0 Å². The van der Waals surface area contributed by atoms with Gasteiger partial charge in [0.1, 0.15) is 11.4 Å². The van der Waals surface area contributed by atoms with E-state index in [1.807, 2.05) is 0 Å². The van der Waals surface area contributed by atoms with E-state index in [1.165, 1.54) is 0 Å². The molecule has 0 aromatic heterocycles. The first-order chi connectivity index (χ1) is 7.69. The van der Waals surface area contributed by atoms with Crippen LogP contribution in [-0.4, -0.2) is 11.7 Å². The van der Waals surface area contributed by atoms with Crippen molar-refractivity contribution in [1.82, 2.24) is 0 Å². The second-order valence-electron chi connectivity index (χ2n) is 4.37. The van der Waals surface area contributed by atoms with Crippen molar-refractivity contribution in [2.75, 3.05) is 5.32 Å². The molecule has 1 rings (SSSR count). The summed E-state index contributed by atoms with van der Waals surface area (Å²) in [7, 11) is 0. The molecule has 3 nitrogen and oxygen atoms in total. The van der Waals surface area contributed by atoms with E-state index in [-0.39, 0.29) is 9.26 Å². The Morgan fingerprint density at radius 2 is 1.94 bits per heavy atom. The Hall–Kier alpha value is -0.920. The fourth-order valence-electron chi connectivity index (χ4n) is 1.07. The number of nitrogens with one attached hydrogen (secondary N) is 1. The van der Waals surface area contributed by atoms with Gasteiger partial charge >= 0.3 is 6.09 Å².